The van der Waals surface area contributed by atoms with E-state index in [4.69, 9.17) is 17.3 Å². The van der Waals surface area contributed by atoms with Gasteiger partial charge in [-0.2, -0.15) is 10.2 Å². The number of halogens is 1. The summed E-state index contributed by atoms with van der Waals surface area (Å²) in [7, 11) is 0. The normalized spacial score (nSPS) is 11.2. The van der Waals surface area contributed by atoms with Crippen molar-refractivity contribution in [2.75, 3.05) is 5.73 Å². The van der Waals surface area contributed by atoms with Crippen molar-refractivity contribution >= 4 is 28.5 Å². The van der Waals surface area contributed by atoms with Crippen LogP contribution in [0.2, 0.25) is 5.02 Å². The first kappa shape index (κ1) is 11.1. The molecule has 0 atom stereocenters. The number of nitrogens with zero attached hydrogens (tertiary/aromatic N) is 3. The molecular formula is C12H12ClN5. The Kier molecular flexibility index (Phi) is 2.48. The summed E-state index contributed by atoms with van der Waals surface area (Å²) in [4.78, 5) is 0. The van der Waals surface area contributed by atoms with Crippen molar-refractivity contribution in [2.45, 2.75) is 13.5 Å². The van der Waals surface area contributed by atoms with Crippen molar-refractivity contribution in [3.05, 3.63) is 40.5 Å². The molecule has 3 rings (SSSR count). The number of nitrogen functional groups attached to an aromatic ring is 1. The van der Waals surface area contributed by atoms with Crippen LogP contribution in [0.15, 0.2) is 24.3 Å². The van der Waals surface area contributed by atoms with E-state index >= 15 is 0 Å². The van der Waals surface area contributed by atoms with Gasteiger partial charge in [0, 0.05) is 5.02 Å². The lowest BCUT2D eigenvalue weighted by Gasteiger charge is -2.02. The van der Waals surface area contributed by atoms with E-state index in [9.17, 15) is 0 Å². The molecule has 2 heterocycles. The Balaban J connectivity index is 2.02. The molecule has 5 nitrogen and oxygen atoms in total. The third-order valence-electron chi connectivity index (χ3n) is 2.90. The van der Waals surface area contributed by atoms with Crippen molar-refractivity contribution < 1.29 is 0 Å². The van der Waals surface area contributed by atoms with Gasteiger partial charge in [0.2, 0.25) is 0 Å². The van der Waals surface area contributed by atoms with Gasteiger partial charge in [-0.1, -0.05) is 23.7 Å². The fraction of sp³-hybridized carbons (Fsp3) is 0.167. The SMILES string of the molecule is Cc1nn(Cc2ccc(Cl)cc2)c2n[nH]c(N)c12. The smallest absolute Gasteiger partial charge is 0.182 e. The summed E-state index contributed by atoms with van der Waals surface area (Å²) in [5.41, 5.74) is 8.59. The van der Waals surface area contributed by atoms with Gasteiger partial charge in [0.1, 0.15) is 5.82 Å². The first-order chi connectivity index (χ1) is 8.65. The summed E-state index contributed by atoms with van der Waals surface area (Å²) in [5.74, 6) is 0.560. The van der Waals surface area contributed by atoms with Crippen LogP contribution in [-0.2, 0) is 6.54 Å². The zero-order valence-corrected chi connectivity index (χ0v) is 10.6. The average molecular weight is 262 g/mol. The monoisotopic (exact) mass is 261 g/mol. The number of rotatable bonds is 2. The molecule has 3 aromatic rings. The largest absolute Gasteiger partial charge is 0.383 e. The van der Waals surface area contributed by atoms with Crippen molar-refractivity contribution in [3.8, 4) is 0 Å². The zero-order valence-electron chi connectivity index (χ0n) is 9.81. The van der Waals surface area contributed by atoms with E-state index in [1.807, 2.05) is 35.9 Å². The topological polar surface area (TPSA) is 72.5 Å². The van der Waals surface area contributed by atoms with Crippen LogP contribution in [0.25, 0.3) is 11.0 Å². The second kappa shape index (κ2) is 4.03. The van der Waals surface area contributed by atoms with Crippen LogP contribution in [0.5, 0.6) is 0 Å². The van der Waals surface area contributed by atoms with Crippen LogP contribution >= 0.6 is 11.6 Å². The fourth-order valence-electron chi connectivity index (χ4n) is 2.04. The predicted molar refractivity (Wildman–Crippen MR) is 71.6 cm³/mol. The number of nitrogens with one attached hydrogen (secondary N) is 1. The second-order valence-electron chi connectivity index (χ2n) is 4.21. The first-order valence-electron chi connectivity index (χ1n) is 5.56. The van der Waals surface area contributed by atoms with Crippen LogP contribution in [0.4, 0.5) is 5.82 Å². The molecule has 0 aliphatic rings. The third kappa shape index (κ3) is 1.73. The van der Waals surface area contributed by atoms with Gasteiger partial charge in [-0.05, 0) is 24.6 Å². The lowest BCUT2D eigenvalue weighted by Crippen LogP contribution is -2.02. The average Bonchev–Trinajstić information content (AvgIpc) is 2.86. The molecule has 0 unspecified atom stereocenters. The lowest BCUT2D eigenvalue weighted by molar-refractivity contribution is 0.692. The third-order valence-corrected chi connectivity index (χ3v) is 3.15. The van der Waals surface area contributed by atoms with Crippen LogP contribution < -0.4 is 5.73 Å². The van der Waals surface area contributed by atoms with Crippen LogP contribution in [0.3, 0.4) is 0 Å². The summed E-state index contributed by atoms with van der Waals surface area (Å²) < 4.78 is 1.83. The maximum Gasteiger partial charge on any atom is 0.182 e. The highest BCUT2D eigenvalue weighted by atomic mass is 35.5. The van der Waals surface area contributed by atoms with Gasteiger partial charge in [0.25, 0.3) is 0 Å². The van der Waals surface area contributed by atoms with Gasteiger partial charge in [0.05, 0.1) is 17.6 Å². The van der Waals surface area contributed by atoms with Crippen molar-refractivity contribution in [2.24, 2.45) is 0 Å². The molecule has 0 aliphatic carbocycles. The number of aromatic amines is 1. The number of H-pyrrole nitrogens is 1. The van der Waals surface area contributed by atoms with E-state index in [0.29, 0.717) is 12.4 Å². The van der Waals surface area contributed by atoms with Gasteiger partial charge in [0.15, 0.2) is 5.65 Å². The van der Waals surface area contributed by atoms with Crippen molar-refractivity contribution in [3.63, 3.8) is 0 Å². The number of aryl methyl sites for hydroxylation is 1. The molecule has 3 N–H and O–H groups in total. The summed E-state index contributed by atoms with van der Waals surface area (Å²) in [6.45, 7) is 2.57. The number of fused-ring (bicyclic) bond motifs is 1. The van der Waals surface area contributed by atoms with Crippen molar-refractivity contribution in [1.82, 2.24) is 20.0 Å². The van der Waals surface area contributed by atoms with Crippen LogP contribution in [-0.4, -0.2) is 20.0 Å². The zero-order chi connectivity index (χ0) is 12.7. The van der Waals surface area contributed by atoms with E-state index in [2.05, 4.69) is 15.3 Å². The van der Waals surface area contributed by atoms with Gasteiger partial charge in [-0.15, -0.1) is 0 Å². The van der Waals surface area contributed by atoms with Crippen molar-refractivity contribution in [1.29, 1.82) is 0 Å². The highest BCUT2D eigenvalue weighted by Crippen LogP contribution is 2.22. The van der Waals surface area contributed by atoms with E-state index in [1.54, 1.807) is 0 Å². The minimum Gasteiger partial charge on any atom is -0.383 e. The number of nitrogens with two attached hydrogens (primary N) is 1. The molecule has 0 radical (unpaired) electrons. The molecule has 6 heteroatoms. The predicted octanol–water partition coefficient (Wildman–Crippen LogP) is 2.35. The molecule has 0 aliphatic heterocycles. The highest BCUT2D eigenvalue weighted by Gasteiger charge is 2.13. The Morgan fingerprint density at radius 1 is 1.33 bits per heavy atom. The number of aromatic nitrogens is 4. The van der Waals surface area contributed by atoms with E-state index < -0.39 is 0 Å². The summed E-state index contributed by atoms with van der Waals surface area (Å²) in [5, 5.41) is 13.0. The minimum absolute atomic E-state index is 0.560. The molecule has 18 heavy (non-hydrogen) atoms. The number of hydrogen-bond donors (Lipinski definition) is 2. The molecule has 0 amide bonds. The molecular weight excluding hydrogens is 250 g/mol. The Morgan fingerprint density at radius 2 is 2.06 bits per heavy atom. The minimum atomic E-state index is 0.560. The summed E-state index contributed by atoms with van der Waals surface area (Å²) in [6, 6.07) is 7.68. The number of hydrogen-bond acceptors (Lipinski definition) is 3. The fourth-order valence-corrected chi connectivity index (χ4v) is 2.17. The van der Waals surface area contributed by atoms with Crippen LogP contribution in [0, 0.1) is 6.92 Å². The molecule has 92 valence electrons. The Bertz CT molecular complexity index is 695. The molecule has 0 spiro atoms. The maximum absolute atomic E-state index is 5.86. The summed E-state index contributed by atoms with van der Waals surface area (Å²) >= 11 is 5.86. The van der Waals surface area contributed by atoms with E-state index in [1.165, 1.54) is 0 Å². The second-order valence-corrected chi connectivity index (χ2v) is 4.64. The summed E-state index contributed by atoms with van der Waals surface area (Å²) in [6.07, 6.45) is 0. The Hall–Kier alpha value is -2.01. The van der Waals surface area contributed by atoms with Crippen LogP contribution in [0.1, 0.15) is 11.3 Å². The molecule has 0 saturated carbocycles. The van der Waals surface area contributed by atoms with Gasteiger partial charge >= 0.3 is 0 Å². The van der Waals surface area contributed by atoms with E-state index in [-0.39, 0.29) is 0 Å². The quantitative estimate of drug-likeness (QED) is 0.744. The van der Waals surface area contributed by atoms with Gasteiger partial charge < -0.3 is 5.73 Å². The Morgan fingerprint density at radius 3 is 2.78 bits per heavy atom. The van der Waals surface area contributed by atoms with E-state index in [0.717, 1.165) is 27.3 Å². The van der Waals surface area contributed by atoms with Gasteiger partial charge in [-0.3, -0.25) is 5.10 Å². The highest BCUT2D eigenvalue weighted by molar-refractivity contribution is 6.30. The standard InChI is InChI=1S/C12H12ClN5/c1-7-10-11(14)15-16-12(10)18(17-7)6-8-2-4-9(13)5-3-8/h2-5H,6H2,1H3,(H3,14,15,16). The Labute approximate surface area is 109 Å². The lowest BCUT2D eigenvalue weighted by atomic mass is 10.2. The molecule has 1 aromatic carbocycles. The molecule has 2 aromatic heterocycles. The first-order valence-corrected chi connectivity index (χ1v) is 5.94. The number of benzene rings is 1. The number of anilines is 1. The molecule has 0 bridgehead atoms. The molecule has 0 saturated heterocycles. The molecule has 0 fully saturated rings. The maximum atomic E-state index is 5.86. The van der Waals surface area contributed by atoms with Gasteiger partial charge in [-0.25, -0.2) is 4.68 Å².